The lowest BCUT2D eigenvalue weighted by Crippen LogP contribution is -2.29. The van der Waals surface area contributed by atoms with Crippen molar-refractivity contribution in [2.45, 2.75) is 38.5 Å². The van der Waals surface area contributed by atoms with Crippen LogP contribution in [0.5, 0.6) is 5.75 Å². The van der Waals surface area contributed by atoms with Gasteiger partial charge in [0.2, 0.25) is 0 Å². The number of fused-ring (bicyclic) bond motifs is 2. The molecule has 1 fully saturated rings. The quantitative estimate of drug-likeness (QED) is 0.250. The van der Waals surface area contributed by atoms with E-state index in [-0.39, 0.29) is 17.7 Å². The van der Waals surface area contributed by atoms with Gasteiger partial charge in [0.1, 0.15) is 17.3 Å². The van der Waals surface area contributed by atoms with Gasteiger partial charge in [-0.05, 0) is 90.1 Å². The van der Waals surface area contributed by atoms with E-state index >= 15 is 0 Å². The molecule has 1 aliphatic heterocycles. The molecule has 0 spiro atoms. The Labute approximate surface area is 233 Å². The number of rotatable bonds is 6. The number of halogens is 3. The average molecular weight is 595 g/mol. The first-order valence-corrected chi connectivity index (χ1v) is 13.9. The second-order valence-corrected chi connectivity index (χ2v) is 11.6. The van der Waals surface area contributed by atoms with E-state index in [2.05, 4.69) is 39.2 Å². The van der Waals surface area contributed by atoms with E-state index in [1.807, 2.05) is 25.1 Å². The number of nitrogens with one attached hydrogen (secondary N) is 1. The van der Waals surface area contributed by atoms with Crippen molar-refractivity contribution in [1.82, 2.24) is 15.3 Å². The lowest BCUT2D eigenvalue weighted by Gasteiger charge is -2.20. The highest BCUT2D eigenvalue weighted by atomic mass is 79.9. The number of amides is 1. The number of hydrogen-bond acceptors (Lipinski definition) is 4. The third-order valence-corrected chi connectivity index (χ3v) is 8.51. The number of ether oxygens (including phenoxy) is 1. The Morgan fingerprint density at radius 3 is 2.79 bits per heavy atom. The molecule has 38 heavy (non-hydrogen) atoms. The first-order chi connectivity index (χ1) is 18.3. The van der Waals surface area contributed by atoms with Crippen molar-refractivity contribution in [3.05, 3.63) is 86.4 Å². The molecule has 3 heterocycles. The van der Waals surface area contributed by atoms with Gasteiger partial charge in [0.05, 0.1) is 17.8 Å². The molecular weight excluding hydrogens is 569 g/mol. The smallest absolute Gasteiger partial charge is 0.251 e. The molecule has 0 radical (unpaired) electrons. The Hall–Kier alpha value is -3.03. The van der Waals surface area contributed by atoms with Crippen LogP contribution >= 0.6 is 27.5 Å². The Kier molecular flexibility index (Phi) is 6.60. The minimum absolute atomic E-state index is 0.0111. The first kappa shape index (κ1) is 25.3. The van der Waals surface area contributed by atoms with Gasteiger partial charge in [-0.2, -0.15) is 0 Å². The molecule has 2 aromatic carbocycles. The van der Waals surface area contributed by atoms with E-state index in [4.69, 9.17) is 21.3 Å². The summed E-state index contributed by atoms with van der Waals surface area (Å²) >= 11 is 9.74. The van der Waals surface area contributed by atoms with Crippen molar-refractivity contribution >= 4 is 44.3 Å². The molecule has 2 unspecified atom stereocenters. The second-order valence-electron chi connectivity index (χ2n) is 10.3. The Bertz CT molecular complexity index is 1590. The Morgan fingerprint density at radius 1 is 1.18 bits per heavy atom. The zero-order chi connectivity index (χ0) is 26.6. The lowest BCUT2D eigenvalue weighted by atomic mass is 9.93. The van der Waals surface area contributed by atoms with Crippen LogP contribution in [0.4, 0.5) is 4.39 Å². The van der Waals surface area contributed by atoms with Gasteiger partial charge in [-0.15, -0.1) is 0 Å². The van der Waals surface area contributed by atoms with Crippen molar-refractivity contribution in [3.8, 4) is 17.0 Å². The standard InChI is InChI=1S/C30H26BrClFN3O2/c1-15-14-38-29-21(15)12-27(36-28(29)22-11-20(32)6-7-25(22)33)23(17-3-4-17)13-34-30(37)18-5-8-26-19(9-18)10-24(31)16(2)35-26/h5-12,15,17,23H,3-4,13-14H2,1-2H3,(H,34,37). The van der Waals surface area contributed by atoms with E-state index in [9.17, 15) is 9.18 Å². The summed E-state index contributed by atoms with van der Waals surface area (Å²) in [4.78, 5) is 22.7. The van der Waals surface area contributed by atoms with Crippen LogP contribution in [0.25, 0.3) is 22.2 Å². The number of aryl methyl sites for hydroxylation is 1. The topological polar surface area (TPSA) is 64.1 Å². The summed E-state index contributed by atoms with van der Waals surface area (Å²) in [6.07, 6.45) is 2.14. The molecule has 1 amide bonds. The fourth-order valence-corrected chi connectivity index (χ4v) is 5.65. The maximum Gasteiger partial charge on any atom is 0.251 e. The van der Waals surface area contributed by atoms with Crippen LogP contribution in [0.1, 0.15) is 58.9 Å². The maximum atomic E-state index is 14.9. The molecule has 1 N–H and O–H groups in total. The lowest BCUT2D eigenvalue weighted by molar-refractivity contribution is 0.0950. The van der Waals surface area contributed by atoms with Gasteiger partial charge in [-0.25, -0.2) is 9.37 Å². The SMILES string of the molecule is Cc1nc2ccc(C(=O)NCC(c3cc4c(c(-c5cc(Cl)ccc5F)n3)OCC4C)C3CC3)cc2cc1Br. The molecule has 8 heteroatoms. The fraction of sp³-hybridized carbons (Fsp3) is 0.300. The molecule has 2 aliphatic rings. The molecule has 1 aliphatic carbocycles. The van der Waals surface area contributed by atoms with Crippen LogP contribution in [0.2, 0.25) is 5.02 Å². The molecule has 2 aromatic heterocycles. The highest BCUT2D eigenvalue weighted by molar-refractivity contribution is 9.10. The van der Waals surface area contributed by atoms with E-state index in [1.165, 1.54) is 12.1 Å². The van der Waals surface area contributed by atoms with Gasteiger partial charge in [0.25, 0.3) is 5.91 Å². The minimum atomic E-state index is -0.395. The molecule has 194 valence electrons. The van der Waals surface area contributed by atoms with Crippen molar-refractivity contribution in [3.63, 3.8) is 0 Å². The number of carbonyl (C=O) groups is 1. The zero-order valence-corrected chi connectivity index (χ0v) is 23.4. The molecule has 5 nitrogen and oxygen atoms in total. The fourth-order valence-electron chi connectivity index (χ4n) is 5.15. The van der Waals surface area contributed by atoms with Crippen molar-refractivity contribution in [1.29, 1.82) is 0 Å². The molecule has 0 saturated heterocycles. The Morgan fingerprint density at radius 2 is 2.00 bits per heavy atom. The number of hydrogen-bond donors (Lipinski definition) is 1. The van der Waals surface area contributed by atoms with Crippen LogP contribution in [0, 0.1) is 18.7 Å². The number of carbonyl (C=O) groups excluding carboxylic acids is 1. The number of aromatic nitrogens is 2. The molecule has 4 aromatic rings. The molecule has 2 atom stereocenters. The second kappa shape index (κ2) is 9.93. The van der Waals surface area contributed by atoms with E-state index in [1.54, 1.807) is 12.1 Å². The van der Waals surface area contributed by atoms with Crippen LogP contribution in [-0.2, 0) is 0 Å². The Balaban J connectivity index is 1.31. The van der Waals surface area contributed by atoms with Crippen LogP contribution in [0.3, 0.4) is 0 Å². The van der Waals surface area contributed by atoms with Gasteiger partial charge < -0.3 is 10.1 Å². The van der Waals surface area contributed by atoms with Crippen molar-refractivity contribution in [2.75, 3.05) is 13.2 Å². The van der Waals surface area contributed by atoms with Gasteiger partial charge >= 0.3 is 0 Å². The predicted octanol–water partition coefficient (Wildman–Crippen LogP) is 7.58. The molecule has 0 bridgehead atoms. The highest BCUT2D eigenvalue weighted by Crippen LogP contribution is 2.47. The first-order valence-electron chi connectivity index (χ1n) is 12.8. The monoisotopic (exact) mass is 593 g/mol. The van der Waals surface area contributed by atoms with Crippen molar-refractivity contribution < 1.29 is 13.9 Å². The highest BCUT2D eigenvalue weighted by Gasteiger charge is 2.36. The number of nitrogens with zero attached hydrogens (tertiary/aromatic N) is 2. The number of benzene rings is 2. The predicted molar refractivity (Wildman–Crippen MR) is 151 cm³/mol. The summed E-state index contributed by atoms with van der Waals surface area (Å²) in [5.41, 5.74) is 4.99. The molecular formula is C30H26BrClFN3O2. The van der Waals surface area contributed by atoms with Gasteiger partial charge in [-0.3, -0.25) is 9.78 Å². The average Bonchev–Trinajstić information content (AvgIpc) is 3.67. The van der Waals surface area contributed by atoms with Crippen LogP contribution < -0.4 is 10.1 Å². The molecule has 6 rings (SSSR count). The normalized spacial score (nSPS) is 17.2. The van der Waals surface area contributed by atoms with Crippen LogP contribution in [0.15, 0.2) is 53.0 Å². The van der Waals surface area contributed by atoms with E-state index in [0.717, 1.165) is 45.2 Å². The number of pyridine rings is 2. The summed E-state index contributed by atoms with van der Waals surface area (Å²) in [6, 6.07) is 14.1. The van der Waals surface area contributed by atoms with Gasteiger partial charge in [-0.1, -0.05) is 18.5 Å². The zero-order valence-electron chi connectivity index (χ0n) is 21.0. The van der Waals surface area contributed by atoms with E-state index < -0.39 is 5.82 Å². The summed E-state index contributed by atoms with van der Waals surface area (Å²) in [7, 11) is 0. The maximum absolute atomic E-state index is 14.9. The van der Waals surface area contributed by atoms with Gasteiger partial charge in [0, 0.05) is 55.6 Å². The van der Waals surface area contributed by atoms with Crippen LogP contribution in [-0.4, -0.2) is 29.0 Å². The summed E-state index contributed by atoms with van der Waals surface area (Å²) in [6.45, 7) is 4.99. The van der Waals surface area contributed by atoms with Crippen molar-refractivity contribution in [2.24, 2.45) is 5.92 Å². The largest absolute Gasteiger partial charge is 0.490 e. The van der Waals surface area contributed by atoms with E-state index in [0.29, 0.717) is 46.7 Å². The summed E-state index contributed by atoms with van der Waals surface area (Å²) in [5, 5.41) is 4.47. The molecule has 1 saturated carbocycles. The third-order valence-electron chi connectivity index (χ3n) is 7.47. The minimum Gasteiger partial charge on any atom is -0.490 e. The van der Waals surface area contributed by atoms with Gasteiger partial charge in [0.15, 0.2) is 0 Å². The third kappa shape index (κ3) is 4.78. The summed E-state index contributed by atoms with van der Waals surface area (Å²) < 4.78 is 21.8. The summed E-state index contributed by atoms with van der Waals surface area (Å²) in [5.74, 6) is 0.664.